The van der Waals surface area contributed by atoms with Crippen LogP contribution in [0.5, 0.6) is 0 Å². The fourth-order valence-corrected chi connectivity index (χ4v) is 1.61. The first kappa shape index (κ1) is 12.3. The van der Waals surface area contributed by atoms with Gasteiger partial charge in [-0.3, -0.25) is 4.98 Å². The Hall–Kier alpha value is -2.17. The third-order valence-electron chi connectivity index (χ3n) is 2.47. The van der Waals surface area contributed by atoms with Crippen molar-refractivity contribution in [2.24, 2.45) is 0 Å². The first-order valence-corrected chi connectivity index (χ1v) is 5.78. The van der Waals surface area contributed by atoms with Crippen molar-refractivity contribution in [2.45, 2.75) is 13.8 Å². The third-order valence-corrected chi connectivity index (χ3v) is 2.47. The van der Waals surface area contributed by atoms with E-state index in [-0.39, 0.29) is 5.82 Å². The van der Waals surface area contributed by atoms with Crippen molar-refractivity contribution in [3.8, 4) is 0 Å². The van der Waals surface area contributed by atoms with Crippen LogP contribution in [-0.4, -0.2) is 16.5 Å². The first-order chi connectivity index (χ1) is 8.70. The van der Waals surface area contributed by atoms with Gasteiger partial charge in [0.25, 0.3) is 0 Å². The van der Waals surface area contributed by atoms with Crippen LogP contribution in [0.4, 0.5) is 21.7 Å². The smallest absolute Gasteiger partial charge is 0.151 e. The van der Waals surface area contributed by atoms with E-state index in [2.05, 4.69) is 20.6 Å². The molecular formula is C13H15FN4. The number of rotatable bonds is 4. The van der Waals surface area contributed by atoms with E-state index in [9.17, 15) is 4.39 Å². The van der Waals surface area contributed by atoms with Gasteiger partial charge in [0.2, 0.25) is 0 Å². The number of benzene rings is 1. The molecule has 1 aromatic heterocycles. The number of para-hydroxylation sites is 1. The van der Waals surface area contributed by atoms with Gasteiger partial charge in [-0.25, -0.2) is 9.37 Å². The third kappa shape index (κ3) is 2.74. The Bertz CT molecular complexity index is 522. The summed E-state index contributed by atoms with van der Waals surface area (Å²) in [5, 5.41) is 6.01. The van der Waals surface area contributed by atoms with Gasteiger partial charge in [0.05, 0.1) is 18.1 Å². The molecule has 94 valence electrons. The van der Waals surface area contributed by atoms with Gasteiger partial charge in [-0.1, -0.05) is 12.1 Å². The van der Waals surface area contributed by atoms with Gasteiger partial charge in [0, 0.05) is 6.54 Å². The molecule has 0 saturated heterocycles. The van der Waals surface area contributed by atoms with Crippen molar-refractivity contribution in [1.29, 1.82) is 0 Å². The van der Waals surface area contributed by atoms with Gasteiger partial charge in [-0.05, 0) is 25.5 Å². The molecule has 2 rings (SSSR count). The maximum Gasteiger partial charge on any atom is 0.151 e. The van der Waals surface area contributed by atoms with Crippen molar-refractivity contribution in [2.75, 3.05) is 17.2 Å². The Kier molecular flexibility index (Phi) is 3.72. The average Bonchev–Trinajstić information content (AvgIpc) is 2.35. The van der Waals surface area contributed by atoms with Crippen LogP contribution < -0.4 is 10.6 Å². The van der Waals surface area contributed by atoms with Crippen LogP contribution in [0.2, 0.25) is 0 Å². The summed E-state index contributed by atoms with van der Waals surface area (Å²) < 4.78 is 13.7. The van der Waals surface area contributed by atoms with Gasteiger partial charge in [-0.15, -0.1) is 0 Å². The number of aryl methyl sites for hydroxylation is 1. The zero-order chi connectivity index (χ0) is 13.0. The number of nitrogens with one attached hydrogen (secondary N) is 2. The van der Waals surface area contributed by atoms with Crippen molar-refractivity contribution < 1.29 is 4.39 Å². The topological polar surface area (TPSA) is 49.8 Å². The molecular weight excluding hydrogens is 231 g/mol. The summed E-state index contributed by atoms with van der Waals surface area (Å²) in [6.07, 6.45) is 3.19. The second-order valence-electron chi connectivity index (χ2n) is 3.88. The molecule has 0 spiro atoms. The van der Waals surface area contributed by atoms with Crippen molar-refractivity contribution >= 4 is 17.3 Å². The van der Waals surface area contributed by atoms with E-state index in [1.54, 1.807) is 18.5 Å². The Labute approximate surface area is 105 Å². The van der Waals surface area contributed by atoms with Gasteiger partial charge in [-0.2, -0.15) is 0 Å². The van der Waals surface area contributed by atoms with Crippen LogP contribution in [0.15, 0.2) is 30.6 Å². The lowest BCUT2D eigenvalue weighted by Gasteiger charge is -2.10. The summed E-state index contributed by atoms with van der Waals surface area (Å²) in [6, 6.07) is 4.93. The van der Waals surface area contributed by atoms with E-state index in [0.717, 1.165) is 12.1 Å². The summed E-state index contributed by atoms with van der Waals surface area (Å²) in [5.74, 6) is 0.879. The zero-order valence-corrected chi connectivity index (χ0v) is 10.4. The Morgan fingerprint density at radius 2 is 2.00 bits per heavy atom. The van der Waals surface area contributed by atoms with Crippen molar-refractivity contribution in [1.82, 2.24) is 9.97 Å². The van der Waals surface area contributed by atoms with Crippen LogP contribution in [-0.2, 0) is 0 Å². The van der Waals surface area contributed by atoms with Crippen LogP contribution in [0, 0.1) is 12.7 Å². The van der Waals surface area contributed by atoms with Gasteiger partial charge in [0.15, 0.2) is 5.82 Å². The summed E-state index contributed by atoms with van der Waals surface area (Å²) >= 11 is 0. The summed E-state index contributed by atoms with van der Waals surface area (Å²) in [6.45, 7) is 4.58. The monoisotopic (exact) mass is 246 g/mol. The van der Waals surface area contributed by atoms with Crippen LogP contribution in [0.1, 0.15) is 12.5 Å². The summed E-state index contributed by atoms with van der Waals surface area (Å²) in [4.78, 5) is 8.34. The van der Waals surface area contributed by atoms with Crippen LogP contribution in [0.3, 0.4) is 0 Å². The Balaban J connectivity index is 2.26. The average molecular weight is 246 g/mol. The Morgan fingerprint density at radius 3 is 2.72 bits per heavy atom. The predicted octanol–water partition coefficient (Wildman–Crippen LogP) is 3.10. The Morgan fingerprint density at radius 1 is 1.22 bits per heavy atom. The van der Waals surface area contributed by atoms with Gasteiger partial charge >= 0.3 is 0 Å². The molecule has 1 aromatic carbocycles. The van der Waals surface area contributed by atoms with Crippen LogP contribution in [0.25, 0.3) is 0 Å². The maximum atomic E-state index is 13.7. The number of hydrogen-bond acceptors (Lipinski definition) is 4. The molecule has 5 heteroatoms. The molecule has 0 saturated carbocycles. The SMILES string of the molecule is CCNc1cncc(Nc2c(C)cccc2F)n1. The summed E-state index contributed by atoms with van der Waals surface area (Å²) in [5.41, 5.74) is 1.26. The fraction of sp³-hybridized carbons (Fsp3) is 0.231. The predicted molar refractivity (Wildman–Crippen MR) is 70.6 cm³/mol. The lowest BCUT2D eigenvalue weighted by Crippen LogP contribution is -2.03. The van der Waals surface area contributed by atoms with E-state index >= 15 is 0 Å². The number of hydrogen-bond donors (Lipinski definition) is 2. The second kappa shape index (κ2) is 5.44. The van der Waals surface area contributed by atoms with Crippen molar-refractivity contribution in [3.63, 3.8) is 0 Å². The molecule has 2 aromatic rings. The van der Waals surface area contributed by atoms with E-state index < -0.39 is 0 Å². The second-order valence-corrected chi connectivity index (χ2v) is 3.88. The fourth-order valence-electron chi connectivity index (χ4n) is 1.61. The molecule has 0 bridgehead atoms. The first-order valence-electron chi connectivity index (χ1n) is 5.78. The highest BCUT2D eigenvalue weighted by molar-refractivity contribution is 5.61. The molecule has 0 atom stereocenters. The highest BCUT2D eigenvalue weighted by Crippen LogP contribution is 2.22. The molecule has 0 fully saturated rings. The molecule has 18 heavy (non-hydrogen) atoms. The molecule has 1 heterocycles. The summed E-state index contributed by atoms with van der Waals surface area (Å²) in [7, 11) is 0. The largest absolute Gasteiger partial charge is 0.369 e. The minimum absolute atomic E-state index is 0.300. The molecule has 0 unspecified atom stereocenters. The molecule has 4 nitrogen and oxygen atoms in total. The lowest BCUT2D eigenvalue weighted by molar-refractivity contribution is 0.630. The van der Waals surface area contributed by atoms with Gasteiger partial charge in [0.1, 0.15) is 11.6 Å². The number of anilines is 3. The quantitative estimate of drug-likeness (QED) is 0.870. The minimum Gasteiger partial charge on any atom is -0.369 e. The standard InChI is InChI=1S/C13H15FN4/c1-3-16-11-7-15-8-12(17-11)18-13-9(2)5-4-6-10(13)14/h4-8H,3H2,1-2H3,(H2,16,17,18). The van der Waals surface area contributed by atoms with Gasteiger partial charge < -0.3 is 10.6 Å². The van der Waals surface area contributed by atoms with Crippen molar-refractivity contribution in [3.05, 3.63) is 42.0 Å². The van der Waals surface area contributed by atoms with E-state index in [1.165, 1.54) is 6.07 Å². The number of aromatic nitrogens is 2. The molecule has 0 aliphatic rings. The number of nitrogens with zero attached hydrogens (tertiary/aromatic N) is 2. The number of halogens is 1. The molecule has 0 aliphatic heterocycles. The zero-order valence-electron chi connectivity index (χ0n) is 10.4. The highest BCUT2D eigenvalue weighted by atomic mass is 19.1. The normalized spacial score (nSPS) is 10.2. The van der Waals surface area contributed by atoms with E-state index in [4.69, 9.17) is 0 Å². The van der Waals surface area contributed by atoms with E-state index in [1.807, 2.05) is 19.9 Å². The molecule has 0 radical (unpaired) electrons. The highest BCUT2D eigenvalue weighted by Gasteiger charge is 2.06. The maximum absolute atomic E-state index is 13.7. The molecule has 0 aliphatic carbocycles. The molecule has 2 N–H and O–H groups in total. The molecule has 0 amide bonds. The van der Waals surface area contributed by atoms with Crippen LogP contribution >= 0.6 is 0 Å². The lowest BCUT2D eigenvalue weighted by atomic mass is 10.2. The van der Waals surface area contributed by atoms with E-state index in [0.29, 0.717) is 17.3 Å². The minimum atomic E-state index is -0.300.